The summed E-state index contributed by atoms with van der Waals surface area (Å²) < 4.78 is 22.5. The third-order valence-electron chi connectivity index (χ3n) is 6.27. The molecule has 2 aromatic rings. The molecule has 2 saturated heterocycles. The predicted octanol–water partition coefficient (Wildman–Crippen LogP) is 0.205. The number of ether oxygens (including phenoxy) is 4. The van der Waals surface area contributed by atoms with Crippen LogP contribution in [-0.4, -0.2) is 94.4 Å². The number of rotatable bonds is 8. The van der Waals surface area contributed by atoms with Crippen LogP contribution in [0.25, 0.3) is 11.1 Å². The normalized spacial score (nSPS) is 34.1. The van der Waals surface area contributed by atoms with E-state index in [0.717, 1.165) is 16.7 Å². The molecular formula is C25H32O9. The largest absolute Gasteiger partial charge is 0.394 e. The van der Waals surface area contributed by atoms with E-state index in [1.807, 2.05) is 42.5 Å². The van der Waals surface area contributed by atoms with Gasteiger partial charge in [0, 0.05) is 6.61 Å². The van der Waals surface area contributed by atoms with Crippen molar-refractivity contribution in [2.24, 2.45) is 0 Å². The maximum Gasteiger partial charge on any atom is 0.187 e. The first-order valence-electron chi connectivity index (χ1n) is 11.5. The van der Waals surface area contributed by atoms with E-state index in [9.17, 15) is 25.5 Å². The molecular weight excluding hydrogens is 444 g/mol. The lowest BCUT2D eigenvalue weighted by Crippen LogP contribution is -2.61. The van der Waals surface area contributed by atoms with E-state index < -0.39 is 55.6 Å². The Morgan fingerprint density at radius 3 is 2.21 bits per heavy atom. The monoisotopic (exact) mass is 476 g/mol. The predicted molar refractivity (Wildman–Crippen MR) is 121 cm³/mol. The second kappa shape index (κ2) is 11.7. The van der Waals surface area contributed by atoms with Crippen LogP contribution in [0.1, 0.15) is 12.0 Å². The Morgan fingerprint density at radius 1 is 0.794 bits per heavy atom. The van der Waals surface area contributed by atoms with E-state index in [2.05, 4.69) is 12.1 Å². The minimum absolute atomic E-state index is 0.135. The molecule has 9 heteroatoms. The summed E-state index contributed by atoms with van der Waals surface area (Å²) in [6.45, 7) is 0.235. The van der Waals surface area contributed by atoms with Gasteiger partial charge in [-0.2, -0.15) is 0 Å². The van der Waals surface area contributed by atoms with Crippen LogP contribution < -0.4 is 0 Å². The first-order chi connectivity index (χ1) is 16.5. The van der Waals surface area contributed by atoms with Gasteiger partial charge in [0.25, 0.3) is 0 Å². The summed E-state index contributed by atoms with van der Waals surface area (Å²) in [5.74, 6) is 0. The second-order valence-corrected chi connectivity index (χ2v) is 8.64. The minimum atomic E-state index is -1.54. The van der Waals surface area contributed by atoms with Gasteiger partial charge in [0.1, 0.15) is 36.6 Å². The SMILES string of the molecule is OC[C@H]1O[C@@H](O[C@@H]2CCO[C@H](COCc3ccc(-c4ccccc4)cc3)[C@@H]2O)[C@H](O)[C@@H](O)[C@H]1O. The van der Waals surface area contributed by atoms with Crippen LogP contribution in [0, 0.1) is 0 Å². The van der Waals surface area contributed by atoms with Gasteiger partial charge in [-0.05, 0) is 23.1 Å². The van der Waals surface area contributed by atoms with Crippen LogP contribution in [0.4, 0.5) is 0 Å². The lowest BCUT2D eigenvalue weighted by molar-refractivity contribution is -0.325. The summed E-state index contributed by atoms with van der Waals surface area (Å²) in [7, 11) is 0. The van der Waals surface area contributed by atoms with E-state index in [4.69, 9.17) is 18.9 Å². The van der Waals surface area contributed by atoms with Crippen LogP contribution in [0.3, 0.4) is 0 Å². The van der Waals surface area contributed by atoms with Crippen molar-refractivity contribution in [1.29, 1.82) is 0 Å². The zero-order chi connectivity index (χ0) is 24.1. The first-order valence-corrected chi connectivity index (χ1v) is 11.5. The van der Waals surface area contributed by atoms with Crippen molar-refractivity contribution in [1.82, 2.24) is 0 Å². The average Bonchev–Trinajstić information content (AvgIpc) is 2.87. The molecule has 4 rings (SSSR count). The average molecular weight is 477 g/mol. The third kappa shape index (κ3) is 5.83. The number of aliphatic hydroxyl groups is 5. The van der Waals surface area contributed by atoms with E-state index >= 15 is 0 Å². The summed E-state index contributed by atoms with van der Waals surface area (Å²) in [6.07, 6.45) is -9.02. The van der Waals surface area contributed by atoms with Crippen LogP contribution in [0.5, 0.6) is 0 Å². The maximum absolute atomic E-state index is 10.7. The molecule has 8 atom stereocenters. The van der Waals surface area contributed by atoms with Crippen molar-refractivity contribution in [3.05, 3.63) is 60.2 Å². The van der Waals surface area contributed by atoms with Crippen molar-refractivity contribution in [2.45, 2.75) is 62.0 Å². The Balaban J connectivity index is 1.27. The lowest BCUT2D eigenvalue weighted by Gasteiger charge is -2.43. The Bertz CT molecular complexity index is 876. The molecule has 0 radical (unpaired) electrons. The minimum Gasteiger partial charge on any atom is -0.394 e. The van der Waals surface area contributed by atoms with Gasteiger partial charge >= 0.3 is 0 Å². The molecule has 0 bridgehead atoms. The number of benzene rings is 2. The van der Waals surface area contributed by atoms with Crippen LogP contribution in [0.2, 0.25) is 0 Å². The molecule has 0 aromatic heterocycles. The molecule has 5 N–H and O–H groups in total. The highest BCUT2D eigenvalue weighted by Crippen LogP contribution is 2.27. The number of hydrogen-bond donors (Lipinski definition) is 5. The van der Waals surface area contributed by atoms with Gasteiger partial charge in [0.2, 0.25) is 0 Å². The lowest BCUT2D eigenvalue weighted by atomic mass is 9.98. The molecule has 0 amide bonds. The Labute approximate surface area is 198 Å². The molecule has 2 heterocycles. The Kier molecular flexibility index (Phi) is 8.65. The van der Waals surface area contributed by atoms with Crippen LogP contribution in [-0.2, 0) is 25.6 Å². The van der Waals surface area contributed by atoms with Crippen molar-refractivity contribution >= 4 is 0 Å². The van der Waals surface area contributed by atoms with Crippen LogP contribution in [0.15, 0.2) is 54.6 Å². The molecule has 0 spiro atoms. The third-order valence-corrected chi connectivity index (χ3v) is 6.27. The molecule has 2 aromatic carbocycles. The van der Waals surface area contributed by atoms with Gasteiger partial charge in [0.15, 0.2) is 6.29 Å². The molecule has 9 nitrogen and oxygen atoms in total. The van der Waals surface area contributed by atoms with E-state index in [0.29, 0.717) is 19.6 Å². The van der Waals surface area contributed by atoms with E-state index in [-0.39, 0.29) is 6.61 Å². The van der Waals surface area contributed by atoms with Gasteiger partial charge in [-0.3, -0.25) is 0 Å². The van der Waals surface area contributed by atoms with E-state index in [1.54, 1.807) is 0 Å². The fraction of sp³-hybridized carbons (Fsp3) is 0.520. The highest BCUT2D eigenvalue weighted by atomic mass is 16.7. The molecule has 186 valence electrons. The molecule has 0 aliphatic carbocycles. The Hall–Kier alpha value is -1.92. The van der Waals surface area contributed by atoms with Gasteiger partial charge in [-0.25, -0.2) is 0 Å². The van der Waals surface area contributed by atoms with Gasteiger partial charge in [0.05, 0.1) is 25.9 Å². The zero-order valence-corrected chi connectivity index (χ0v) is 18.7. The van der Waals surface area contributed by atoms with Gasteiger partial charge in [-0.15, -0.1) is 0 Å². The van der Waals surface area contributed by atoms with E-state index in [1.165, 1.54) is 0 Å². The molecule has 0 unspecified atom stereocenters. The van der Waals surface area contributed by atoms with Crippen LogP contribution >= 0.6 is 0 Å². The molecule has 0 saturated carbocycles. The van der Waals surface area contributed by atoms with Crippen molar-refractivity contribution in [2.75, 3.05) is 19.8 Å². The highest BCUT2D eigenvalue weighted by molar-refractivity contribution is 5.63. The topological polar surface area (TPSA) is 138 Å². The fourth-order valence-electron chi connectivity index (χ4n) is 4.21. The van der Waals surface area contributed by atoms with Crippen molar-refractivity contribution < 1.29 is 44.5 Å². The second-order valence-electron chi connectivity index (χ2n) is 8.64. The maximum atomic E-state index is 10.7. The Morgan fingerprint density at radius 2 is 1.50 bits per heavy atom. The summed E-state index contributed by atoms with van der Waals surface area (Å²) in [6, 6.07) is 18.1. The van der Waals surface area contributed by atoms with Gasteiger partial charge < -0.3 is 44.5 Å². The number of aliphatic hydroxyl groups excluding tert-OH is 5. The molecule has 34 heavy (non-hydrogen) atoms. The van der Waals surface area contributed by atoms with Gasteiger partial charge in [-0.1, -0.05) is 54.6 Å². The quantitative estimate of drug-likeness (QED) is 0.362. The van der Waals surface area contributed by atoms with Crippen molar-refractivity contribution in [3.63, 3.8) is 0 Å². The summed E-state index contributed by atoms with van der Waals surface area (Å²) in [5, 5.41) is 50.1. The summed E-state index contributed by atoms with van der Waals surface area (Å²) in [4.78, 5) is 0. The molecule has 2 fully saturated rings. The zero-order valence-electron chi connectivity index (χ0n) is 18.7. The summed E-state index contributed by atoms with van der Waals surface area (Å²) >= 11 is 0. The van der Waals surface area contributed by atoms with Crippen molar-refractivity contribution in [3.8, 4) is 11.1 Å². The highest BCUT2D eigenvalue weighted by Gasteiger charge is 2.46. The smallest absolute Gasteiger partial charge is 0.187 e. The standard InChI is InChI=1S/C25H32O9/c26-12-19-22(28)23(29)24(30)25(34-19)33-18-10-11-32-20(21(18)27)14-31-13-15-6-8-17(9-7-15)16-4-2-1-3-5-16/h1-9,18-30H,10-14H2/t18-,19-,20-,21-,22+,23+,24-,25-/m1/s1. The fourth-order valence-corrected chi connectivity index (χ4v) is 4.21. The number of hydrogen-bond acceptors (Lipinski definition) is 9. The molecule has 2 aliphatic heterocycles. The summed E-state index contributed by atoms with van der Waals surface area (Å²) in [5.41, 5.74) is 3.24. The molecule has 2 aliphatic rings. The first kappa shape index (κ1) is 25.2.